The van der Waals surface area contributed by atoms with Crippen LogP contribution in [0.4, 0.5) is 0 Å². The molecule has 0 bridgehead atoms. The van der Waals surface area contributed by atoms with Gasteiger partial charge in [-0.3, -0.25) is 0 Å². The molecule has 0 spiro atoms. The van der Waals surface area contributed by atoms with Crippen molar-refractivity contribution in [3.8, 4) is 5.75 Å². The molecule has 0 aliphatic rings. The van der Waals surface area contributed by atoms with Crippen LogP contribution in [0.15, 0.2) is 35.9 Å². The fourth-order valence-corrected chi connectivity index (χ4v) is 1.47. The molecule has 18 heavy (non-hydrogen) atoms. The molecule has 0 unspecified atom stereocenters. The molecule has 0 saturated carbocycles. The lowest BCUT2D eigenvalue weighted by Crippen LogP contribution is -2.14. The van der Waals surface area contributed by atoms with Gasteiger partial charge in [-0.05, 0) is 24.6 Å². The molecule has 0 atom stereocenters. The predicted octanol–water partition coefficient (Wildman–Crippen LogP) is 1.90. The van der Waals surface area contributed by atoms with E-state index in [9.17, 15) is 4.79 Å². The number of esters is 1. The lowest BCUT2D eigenvalue weighted by molar-refractivity contribution is -0.136. The number of hydrogen-bond donors (Lipinski definition) is 1. The molecular weight excluding hydrogens is 230 g/mol. The summed E-state index contributed by atoms with van der Waals surface area (Å²) in [6.45, 7) is 3.08. The summed E-state index contributed by atoms with van der Waals surface area (Å²) in [4.78, 5) is 11.1. The fraction of sp³-hybridized carbons (Fsp3) is 0.357. The van der Waals surface area contributed by atoms with E-state index in [1.807, 2.05) is 30.3 Å². The van der Waals surface area contributed by atoms with Crippen LogP contribution < -0.4 is 10.1 Å². The lowest BCUT2D eigenvalue weighted by atomic mass is 10.2. The maximum absolute atomic E-state index is 11.1. The Labute approximate surface area is 108 Å². The zero-order chi connectivity index (χ0) is 13.4. The van der Waals surface area contributed by atoms with Crippen LogP contribution in [0.1, 0.15) is 12.5 Å². The highest BCUT2D eigenvalue weighted by Crippen LogP contribution is 2.11. The molecule has 4 heteroatoms. The van der Waals surface area contributed by atoms with Crippen LogP contribution in [0.2, 0.25) is 0 Å². The molecule has 98 valence electrons. The minimum Gasteiger partial charge on any atom is -0.497 e. The Hall–Kier alpha value is -1.81. The third-order valence-corrected chi connectivity index (χ3v) is 2.52. The smallest absolute Gasteiger partial charge is 0.333 e. The number of benzene rings is 1. The topological polar surface area (TPSA) is 47.6 Å². The van der Waals surface area contributed by atoms with Crippen LogP contribution in [-0.4, -0.2) is 26.7 Å². The maximum Gasteiger partial charge on any atom is 0.333 e. The molecule has 1 rings (SSSR count). The fourth-order valence-electron chi connectivity index (χ4n) is 1.47. The van der Waals surface area contributed by atoms with Crippen molar-refractivity contribution < 1.29 is 14.3 Å². The van der Waals surface area contributed by atoms with Gasteiger partial charge in [0.15, 0.2) is 0 Å². The van der Waals surface area contributed by atoms with Crippen LogP contribution in [0, 0.1) is 0 Å². The molecule has 1 N–H and O–H groups in total. The second-order valence-corrected chi connectivity index (χ2v) is 3.86. The van der Waals surface area contributed by atoms with Crippen LogP contribution >= 0.6 is 0 Å². The Kier molecular flexibility index (Phi) is 5.94. The largest absolute Gasteiger partial charge is 0.497 e. The van der Waals surface area contributed by atoms with Crippen molar-refractivity contribution >= 4 is 5.97 Å². The third kappa shape index (κ3) is 4.59. The Bertz CT molecular complexity index is 427. The van der Waals surface area contributed by atoms with Gasteiger partial charge in [0.25, 0.3) is 0 Å². The van der Waals surface area contributed by atoms with E-state index >= 15 is 0 Å². The van der Waals surface area contributed by atoms with Crippen LogP contribution in [-0.2, 0) is 16.1 Å². The lowest BCUT2D eigenvalue weighted by Gasteiger charge is -2.05. The van der Waals surface area contributed by atoms with E-state index in [1.54, 1.807) is 14.0 Å². The van der Waals surface area contributed by atoms with Gasteiger partial charge in [-0.2, -0.15) is 0 Å². The summed E-state index contributed by atoms with van der Waals surface area (Å²) in [7, 11) is 3.03. The van der Waals surface area contributed by atoms with E-state index in [0.29, 0.717) is 12.1 Å². The number of carbonyl (C=O) groups excluding carboxylic acids is 1. The first kappa shape index (κ1) is 14.3. The number of rotatable bonds is 6. The summed E-state index contributed by atoms with van der Waals surface area (Å²) in [6, 6.07) is 7.85. The highest BCUT2D eigenvalue weighted by molar-refractivity contribution is 5.87. The van der Waals surface area contributed by atoms with Gasteiger partial charge in [0.2, 0.25) is 0 Å². The van der Waals surface area contributed by atoms with Gasteiger partial charge < -0.3 is 14.8 Å². The molecule has 0 aromatic heterocycles. The van der Waals surface area contributed by atoms with Gasteiger partial charge in [-0.25, -0.2) is 4.79 Å². The molecule has 0 fully saturated rings. The zero-order valence-corrected chi connectivity index (χ0v) is 11.0. The predicted molar refractivity (Wildman–Crippen MR) is 70.5 cm³/mol. The summed E-state index contributed by atoms with van der Waals surface area (Å²) < 4.78 is 9.75. The number of nitrogens with one attached hydrogen (secondary N) is 1. The van der Waals surface area contributed by atoms with Gasteiger partial charge in [0.1, 0.15) is 5.75 Å². The summed E-state index contributed by atoms with van der Waals surface area (Å²) >= 11 is 0. The Balaban J connectivity index is 2.39. The molecule has 0 aliphatic heterocycles. The molecule has 1 aromatic rings. The molecule has 4 nitrogen and oxygen atoms in total. The van der Waals surface area contributed by atoms with E-state index in [1.165, 1.54) is 7.11 Å². The number of carbonyl (C=O) groups is 1. The molecular formula is C14H19NO3. The average molecular weight is 249 g/mol. The van der Waals surface area contributed by atoms with E-state index in [-0.39, 0.29) is 5.97 Å². The van der Waals surface area contributed by atoms with Crippen molar-refractivity contribution in [3.63, 3.8) is 0 Å². The summed E-state index contributed by atoms with van der Waals surface area (Å²) in [5.41, 5.74) is 1.74. The van der Waals surface area contributed by atoms with Gasteiger partial charge in [0.05, 0.1) is 14.2 Å². The second kappa shape index (κ2) is 7.50. The maximum atomic E-state index is 11.1. The first-order valence-corrected chi connectivity index (χ1v) is 5.76. The quantitative estimate of drug-likeness (QED) is 0.475. The number of hydrogen-bond acceptors (Lipinski definition) is 4. The first-order chi connectivity index (χ1) is 8.67. The van der Waals surface area contributed by atoms with Gasteiger partial charge in [-0.1, -0.05) is 18.2 Å². The van der Waals surface area contributed by atoms with Crippen LogP contribution in [0.5, 0.6) is 5.75 Å². The first-order valence-electron chi connectivity index (χ1n) is 5.76. The normalized spacial score (nSPS) is 11.2. The van der Waals surface area contributed by atoms with E-state index in [2.05, 4.69) is 10.1 Å². The minimum absolute atomic E-state index is 0.293. The monoisotopic (exact) mass is 249 g/mol. The van der Waals surface area contributed by atoms with Gasteiger partial charge in [0, 0.05) is 18.7 Å². The van der Waals surface area contributed by atoms with E-state index < -0.39 is 0 Å². The summed E-state index contributed by atoms with van der Waals surface area (Å²) in [5, 5.41) is 3.22. The highest BCUT2D eigenvalue weighted by atomic mass is 16.5. The molecule has 0 heterocycles. The van der Waals surface area contributed by atoms with Crippen molar-refractivity contribution in [1.29, 1.82) is 0 Å². The Morgan fingerprint density at radius 3 is 2.83 bits per heavy atom. The van der Waals surface area contributed by atoms with Crippen molar-refractivity contribution in [1.82, 2.24) is 5.32 Å². The van der Waals surface area contributed by atoms with Crippen molar-refractivity contribution in [2.45, 2.75) is 13.5 Å². The Morgan fingerprint density at radius 1 is 1.39 bits per heavy atom. The minimum atomic E-state index is -0.293. The van der Waals surface area contributed by atoms with Crippen molar-refractivity contribution in [3.05, 3.63) is 41.5 Å². The molecule has 0 aliphatic carbocycles. The molecule has 0 radical (unpaired) electrons. The zero-order valence-electron chi connectivity index (χ0n) is 11.0. The second-order valence-electron chi connectivity index (χ2n) is 3.86. The van der Waals surface area contributed by atoms with Crippen molar-refractivity contribution in [2.75, 3.05) is 20.8 Å². The summed E-state index contributed by atoms with van der Waals surface area (Å²) in [5.74, 6) is 0.550. The standard InChI is InChI=1S/C14H19NO3/c1-11(14(16)18-3)7-8-15-10-12-5-4-6-13(9-12)17-2/h4-7,9,15H,8,10H2,1-3H3/b11-7+. The van der Waals surface area contributed by atoms with Gasteiger partial charge >= 0.3 is 5.97 Å². The molecule has 0 amide bonds. The SMILES string of the molecule is COC(=O)/C(C)=C/CNCc1cccc(OC)c1. The highest BCUT2D eigenvalue weighted by Gasteiger charge is 2.01. The van der Waals surface area contributed by atoms with E-state index in [0.717, 1.165) is 17.9 Å². The summed E-state index contributed by atoms with van der Waals surface area (Å²) in [6.07, 6.45) is 1.81. The molecule has 0 saturated heterocycles. The molecule has 1 aromatic carbocycles. The Morgan fingerprint density at radius 2 is 2.17 bits per heavy atom. The van der Waals surface area contributed by atoms with Gasteiger partial charge in [-0.15, -0.1) is 0 Å². The van der Waals surface area contributed by atoms with E-state index in [4.69, 9.17) is 4.74 Å². The average Bonchev–Trinajstić information content (AvgIpc) is 2.42. The third-order valence-electron chi connectivity index (χ3n) is 2.52. The number of ether oxygens (including phenoxy) is 2. The van der Waals surface area contributed by atoms with Crippen LogP contribution in [0.3, 0.4) is 0 Å². The van der Waals surface area contributed by atoms with Crippen molar-refractivity contribution in [2.24, 2.45) is 0 Å². The number of methoxy groups -OCH3 is 2. The van der Waals surface area contributed by atoms with Crippen LogP contribution in [0.25, 0.3) is 0 Å².